The zero-order valence-corrected chi connectivity index (χ0v) is 12.2. The summed E-state index contributed by atoms with van der Waals surface area (Å²) in [6.45, 7) is 6.24. The third-order valence-corrected chi connectivity index (χ3v) is 3.38. The summed E-state index contributed by atoms with van der Waals surface area (Å²) in [7, 11) is 3.94. The second-order valence-corrected chi connectivity index (χ2v) is 5.33. The van der Waals surface area contributed by atoms with E-state index in [-0.39, 0.29) is 0 Å². The first-order valence-electron chi connectivity index (χ1n) is 6.48. The van der Waals surface area contributed by atoms with Crippen molar-refractivity contribution in [2.75, 3.05) is 19.0 Å². The molecule has 0 bridgehead atoms. The highest BCUT2D eigenvalue weighted by molar-refractivity contribution is 5.96. The van der Waals surface area contributed by atoms with E-state index in [0.29, 0.717) is 11.5 Å². The maximum atomic E-state index is 9.37. The fourth-order valence-corrected chi connectivity index (χ4v) is 2.47. The lowest BCUT2D eigenvalue weighted by atomic mass is 9.97. The molecule has 0 saturated carbocycles. The number of nitriles is 1. The molecule has 0 radical (unpaired) electrons. The molecule has 2 rings (SSSR count). The number of aryl methyl sites for hydroxylation is 1. The molecule has 2 aromatic rings. The summed E-state index contributed by atoms with van der Waals surface area (Å²) < 4.78 is 0. The number of rotatable bonds is 2. The fourth-order valence-electron chi connectivity index (χ4n) is 2.47. The predicted molar refractivity (Wildman–Crippen MR) is 79.6 cm³/mol. The minimum absolute atomic E-state index is 0.415. The lowest BCUT2D eigenvalue weighted by Crippen LogP contribution is -2.13. The molecule has 0 spiro atoms. The van der Waals surface area contributed by atoms with E-state index >= 15 is 0 Å². The summed E-state index contributed by atoms with van der Waals surface area (Å²) in [6, 6.07) is 8.49. The van der Waals surface area contributed by atoms with Gasteiger partial charge in [-0.2, -0.15) is 5.26 Å². The summed E-state index contributed by atoms with van der Waals surface area (Å²) in [5.41, 5.74) is 4.67. The second kappa shape index (κ2) is 4.89. The molecule has 0 amide bonds. The molecule has 0 aliphatic rings. The van der Waals surface area contributed by atoms with Crippen LogP contribution in [0.4, 0.5) is 5.69 Å². The highest BCUT2D eigenvalue weighted by Crippen LogP contribution is 2.33. The molecular formula is C16H19N3. The third kappa shape index (κ3) is 2.15. The topological polar surface area (TPSA) is 39.9 Å². The van der Waals surface area contributed by atoms with E-state index in [1.165, 1.54) is 5.56 Å². The van der Waals surface area contributed by atoms with Crippen molar-refractivity contribution in [3.63, 3.8) is 0 Å². The molecule has 0 aliphatic carbocycles. The Kier molecular flexibility index (Phi) is 3.44. The molecule has 98 valence electrons. The number of aromatic nitrogens is 1. The van der Waals surface area contributed by atoms with Crippen molar-refractivity contribution in [1.82, 2.24) is 4.98 Å². The van der Waals surface area contributed by atoms with E-state index in [1.54, 1.807) is 0 Å². The minimum Gasteiger partial charge on any atom is -0.376 e. The largest absolute Gasteiger partial charge is 0.376 e. The summed E-state index contributed by atoms with van der Waals surface area (Å²) in [6.07, 6.45) is 0. The molecule has 0 atom stereocenters. The van der Waals surface area contributed by atoms with Gasteiger partial charge in [-0.1, -0.05) is 32.0 Å². The van der Waals surface area contributed by atoms with Crippen molar-refractivity contribution in [2.24, 2.45) is 0 Å². The van der Waals surface area contributed by atoms with E-state index in [2.05, 4.69) is 31.0 Å². The van der Waals surface area contributed by atoms with Crippen LogP contribution in [0.1, 0.15) is 36.6 Å². The zero-order chi connectivity index (χ0) is 14.2. The van der Waals surface area contributed by atoms with Crippen molar-refractivity contribution in [3.8, 4) is 6.07 Å². The van der Waals surface area contributed by atoms with Crippen LogP contribution >= 0.6 is 0 Å². The molecule has 3 heteroatoms. The summed E-state index contributed by atoms with van der Waals surface area (Å²) in [5.74, 6) is 0.415. The normalized spacial score (nSPS) is 10.8. The van der Waals surface area contributed by atoms with Gasteiger partial charge in [0.15, 0.2) is 0 Å². The number of benzene rings is 1. The number of fused-ring (bicyclic) bond motifs is 1. The first-order chi connectivity index (χ1) is 8.97. The molecule has 0 N–H and O–H groups in total. The van der Waals surface area contributed by atoms with Crippen LogP contribution in [0.25, 0.3) is 10.9 Å². The molecule has 1 heterocycles. The standard InChI is InChI=1S/C16H19N3/c1-10(2)12-7-6-8-13-15(12)18-11(3)14(9-17)16(13)19(4)5/h6-8,10H,1-5H3. The van der Waals surface area contributed by atoms with Crippen LogP contribution in [-0.4, -0.2) is 19.1 Å². The minimum atomic E-state index is 0.415. The van der Waals surface area contributed by atoms with Gasteiger partial charge >= 0.3 is 0 Å². The summed E-state index contributed by atoms with van der Waals surface area (Å²) >= 11 is 0. The van der Waals surface area contributed by atoms with Crippen LogP contribution in [0, 0.1) is 18.3 Å². The first-order valence-corrected chi connectivity index (χ1v) is 6.48. The monoisotopic (exact) mass is 253 g/mol. The van der Waals surface area contributed by atoms with Crippen LogP contribution in [0.3, 0.4) is 0 Å². The van der Waals surface area contributed by atoms with Crippen molar-refractivity contribution in [1.29, 1.82) is 5.26 Å². The van der Waals surface area contributed by atoms with Gasteiger partial charge in [-0.25, -0.2) is 0 Å². The molecule has 0 aliphatic heterocycles. The number of para-hydroxylation sites is 1. The van der Waals surface area contributed by atoms with Gasteiger partial charge in [0.1, 0.15) is 6.07 Å². The Balaban J connectivity index is 2.96. The maximum absolute atomic E-state index is 9.37. The van der Waals surface area contributed by atoms with Gasteiger partial charge in [0, 0.05) is 19.5 Å². The van der Waals surface area contributed by atoms with Crippen molar-refractivity contribution in [2.45, 2.75) is 26.7 Å². The molecular weight excluding hydrogens is 234 g/mol. The Morgan fingerprint density at radius 1 is 1.26 bits per heavy atom. The van der Waals surface area contributed by atoms with Crippen molar-refractivity contribution >= 4 is 16.6 Å². The number of anilines is 1. The molecule has 0 fully saturated rings. The van der Waals surface area contributed by atoms with Crippen molar-refractivity contribution in [3.05, 3.63) is 35.0 Å². The molecule has 0 unspecified atom stereocenters. The summed E-state index contributed by atoms with van der Waals surface area (Å²) in [4.78, 5) is 6.66. The SMILES string of the molecule is Cc1nc2c(C(C)C)cccc2c(N(C)C)c1C#N. The van der Waals surface area contributed by atoms with E-state index < -0.39 is 0 Å². The predicted octanol–water partition coefficient (Wildman–Crippen LogP) is 3.60. The lowest BCUT2D eigenvalue weighted by molar-refractivity contribution is 0.871. The van der Waals surface area contributed by atoms with E-state index in [4.69, 9.17) is 0 Å². The molecule has 1 aromatic carbocycles. The van der Waals surface area contributed by atoms with Crippen molar-refractivity contribution < 1.29 is 0 Å². The van der Waals surface area contributed by atoms with E-state index in [1.807, 2.05) is 38.1 Å². The Hall–Kier alpha value is -2.08. The quantitative estimate of drug-likeness (QED) is 0.821. The highest BCUT2D eigenvalue weighted by Gasteiger charge is 2.16. The van der Waals surface area contributed by atoms with Crippen LogP contribution in [-0.2, 0) is 0 Å². The molecule has 19 heavy (non-hydrogen) atoms. The van der Waals surface area contributed by atoms with E-state index in [0.717, 1.165) is 22.3 Å². The first kappa shape index (κ1) is 13.4. The molecule has 0 saturated heterocycles. The number of hydrogen-bond acceptors (Lipinski definition) is 3. The third-order valence-electron chi connectivity index (χ3n) is 3.38. The van der Waals surface area contributed by atoms with Gasteiger partial charge in [0.05, 0.1) is 22.5 Å². The maximum Gasteiger partial charge on any atom is 0.103 e. The average Bonchev–Trinajstić information content (AvgIpc) is 2.35. The molecule has 1 aromatic heterocycles. The average molecular weight is 253 g/mol. The summed E-state index contributed by atoms with van der Waals surface area (Å²) in [5, 5.41) is 10.4. The van der Waals surface area contributed by atoms with Gasteiger partial charge in [-0.05, 0) is 18.4 Å². The van der Waals surface area contributed by atoms with Gasteiger partial charge in [-0.15, -0.1) is 0 Å². The second-order valence-electron chi connectivity index (χ2n) is 5.33. The highest BCUT2D eigenvalue weighted by atomic mass is 15.1. The number of hydrogen-bond donors (Lipinski definition) is 0. The Labute approximate surface area is 114 Å². The van der Waals surface area contributed by atoms with Crippen LogP contribution in [0.2, 0.25) is 0 Å². The Morgan fingerprint density at radius 2 is 1.95 bits per heavy atom. The van der Waals surface area contributed by atoms with Gasteiger partial charge in [-0.3, -0.25) is 4.98 Å². The van der Waals surface area contributed by atoms with Crippen LogP contribution < -0.4 is 4.90 Å². The Morgan fingerprint density at radius 3 is 2.47 bits per heavy atom. The Bertz CT molecular complexity index is 664. The van der Waals surface area contributed by atoms with Crippen LogP contribution in [0.15, 0.2) is 18.2 Å². The van der Waals surface area contributed by atoms with Gasteiger partial charge in [0.25, 0.3) is 0 Å². The fraction of sp³-hybridized carbons (Fsp3) is 0.375. The smallest absolute Gasteiger partial charge is 0.103 e. The van der Waals surface area contributed by atoms with Gasteiger partial charge < -0.3 is 4.90 Å². The van der Waals surface area contributed by atoms with Gasteiger partial charge in [0.2, 0.25) is 0 Å². The number of pyridine rings is 1. The van der Waals surface area contributed by atoms with E-state index in [9.17, 15) is 5.26 Å². The number of nitrogens with zero attached hydrogens (tertiary/aromatic N) is 3. The molecule has 3 nitrogen and oxygen atoms in total. The lowest BCUT2D eigenvalue weighted by Gasteiger charge is -2.20. The zero-order valence-electron chi connectivity index (χ0n) is 12.2. The van der Waals surface area contributed by atoms with Crippen LogP contribution in [0.5, 0.6) is 0 Å².